The summed E-state index contributed by atoms with van der Waals surface area (Å²) in [5.74, 6) is 2.34. The van der Waals surface area contributed by atoms with Crippen molar-refractivity contribution in [3.05, 3.63) is 11.6 Å². The molecule has 1 unspecified atom stereocenters. The van der Waals surface area contributed by atoms with Crippen LogP contribution in [0.1, 0.15) is 69.1 Å². The van der Waals surface area contributed by atoms with Crippen molar-refractivity contribution in [2.45, 2.75) is 57.4 Å². The number of nitrogens with one attached hydrogen (secondary N) is 2. The Hall–Kier alpha value is -1.59. The molecule has 1 saturated heterocycles. The monoisotopic (exact) mass is 277 g/mol. The van der Waals surface area contributed by atoms with Crippen LogP contribution in [0.25, 0.3) is 0 Å². The minimum Gasteiger partial charge on any atom is -0.338 e. The van der Waals surface area contributed by atoms with E-state index in [9.17, 15) is 4.79 Å². The van der Waals surface area contributed by atoms with Gasteiger partial charge in [0.25, 0.3) is 0 Å². The quantitative estimate of drug-likeness (QED) is 0.887. The molecular weight excluding hydrogens is 254 g/mol. The number of hydrogen-bond acceptors (Lipinski definition) is 3. The van der Waals surface area contributed by atoms with E-state index >= 15 is 0 Å². The molecule has 1 aromatic heterocycles. The first-order valence-corrected chi connectivity index (χ1v) is 7.76. The molecule has 0 bridgehead atoms. The van der Waals surface area contributed by atoms with Crippen molar-refractivity contribution in [1.82, 2.24) is 25.4 Å². The standard InChI is InChI=1S/C14H23N5O/c1-2-8-15-14(20)19-9-4-3-5-11(19)13-16-12(17-18-13)10-6-7-10/h10-11H,2-9H2,1H3,(H,15,20)(H,16,17,18). The largest absolute Gasteiger partial charge is 0.338 e. The molecule has 2 fully saturated rings. The fourth-order valence-corrected chi connectivity index (χ4v) is 2.75. The van der Waals surface area contributed by atoms with Gasteiger partial charge in [-0.1, -0.05) is 6.92 Å². The Kier molecular flexibility index (Phi) is 3.89. The van der Waals surface area contributed by atoms with Gasteiger partial charge in [-0.25, -0.2) is 9.78 Å². The Labute approximate surface area is 119 Å². The van der Waals surface area contributed by atoms with Crippen molar-refractivity contribution < 1.29 is 4.79 Å². The van der Waals surface area contributed by atoms with E-state index in [0.29, 0.717) is 5.92 Å². The Balaban J connectivity index is 1.71. The van der Waals surface area contributed by atoms with E-state index in [0.717, 1.165) is 50.4 Å². The minimum absolute atomic E-state index is 0.0286. The molecule has 3 rings (SSSR count). The molecule has 0 aromatic carbocycles. The molecule has 1 saturated carbocycles. The number of H-pyrrole nitrogens is 1. The zero-order valence-electron chi connectivity index (χ0n) is 12.1. The van der Waals surface area contributed by atoms with Gasteiger partial charge in [-0.2, -0.15) is 5.10 Å². The SMILES string of the molecule is CCCNC(=O)N1CCCCC1c1nc(C2CC2)n[nH]1. The van der Waals surface area contributed by atoms with E-state index in [1.807, 2.05) is 4.90 Å². The molecule has 0 spiro atoms. The van der Waals surface area contributed by atoms with Crippen molar-refractivity contribution in [2.24, 2.45) is 0 Å². The topological polar surface area (TPSA) is 73.9 Å². The molecule has 0 radical (unpaired) electrons. The molecule has 2 N–H and O–H groups in total. The average Bonchev–Trinajstić information content (AvgIpc) is 3.22. The lowest BCUT2D eigenvalue weighted by molar-refractivity contribution is 0.148. The molecule has 1 aliphatic heterocycles. The summed E-state index contributed by atoms with van der Waals surface area (Å²) in [5, 5.41) is 10.3. The van der Waals surface area contributed by atoms with E-state index in [-0.39, 0.29) is 12.1 Å². The van der Waals surface area contributed by atoms with Crippen LogP contribution in [-0.2, 0) is 0 Å². The lowest BCUT2D eigenvalue weighted by Crippen LogP contribution is -2.45. The third-order valence-corrected chi connectivity index (χ3v) is 4.07. The second kappa shape index (κ2) is 5.81. The molecule has 20 heavy (non-hydrogen) atoms. The molecule has 1 aromatic rings. The first-order chi connectivity index (χ1) is 9.79. The summed E-state index contributed by atoms with van der Waals surface area (Å²) >= 11 is 0. The number of nitrogens with zero attached hydrogens (tertiary/aromatic N) is 3. The van der Waals surface area contributed by atoms with Gasteiger partial charge in [0.2, 0.25) is 0 Å². The van der Waals surface area contributed by atoms with Crippen LogP contribution in [0.5, 0.6) is 0 Å². The lowest BCUT2D eigenvalue weighted by Gasteiger charge is -2.34. The van der Waals surface area contributed by atoms with Crippen molar-refractivity contribution in [3.63, 3.8) is 0 Å². The number of carbonyl (C=O) groups excluding carboxylic acids is 1. The maximum atomic E-state index is 12.2. The summed E-state index contributed by atoms with van der Waals surface area (Å²) < 4.78 is 0. The minimum atomic E-state index is 0.0286. The number of amides is 2. The molecule has 110 valence electrons. The van der Waals surface area contributed by atoms with Crippen molar-refractivity contribution in [2.75, 3.05) is 13.1 Å². The number of urea groups is 1. The summed E-state index contributed by atoms with van der Waals surface area (Å²) in [6.07, 6.45) is 6.53. The van der Waals surface area contributed by atoms with Crippen LogP contribution in [0.15, 0.2) is 0 Å². The van der Waals surface area contributed by atoms with E-state index in [4.69, 9.17) is 0 Å². The molecule has 2 amide bonds. The fraction of sp³-hybridized carbons (Fsp3) is 0.786. The average molecular weight is 277 g/mol. The van der Waals surface area contributed by atoms with Gasteiger partial charge in [-0.15, -0.1) is 0 Å². The third kappa shape index (κ3) is 2.78. The number of piperidine rings is 1. The van der Waals surface area contributed by atoms with E-state index in [1.165, 1.54) is 12.8 Å². The Morgan fingerprint density at radius 2 is 2.25 bits per heavy atom. The summed E-state index contributed by atoms with van der Waals surface area (Å²) in [5.41, 5.74) is 0. The number of rotatable bonds is 4. The predicted octanol–water partition coefficient (Wildman–Crippen LogP) is 2.33. The first-order valence-electron chi connectivity index (χ1n) is 7.76. The zero-order chi connectivity index (χ0) is 13.9. The Morgan fingerprint density at radius 3 is 3.00 bits per heavy atom. The van der Waals surface area contributed by atoms with Gasteiger partial charge < -0.3 is 10.2 Å². The van der Waals surface area contributed by atoms with Crippen LogP contribution in [-0.4, -0.2) is 39.2 Å². The number of hydrogen-bond donors (Lipinski definition) is 2. The van der Waals surface area contributed by atoms with Crippen molar-refractivity contribution in [1.29, 1.82) is 0 Å². The molecule has 6 heteroatoms. The van der Waals surface area contributed by atoms with E-state index in [2.05, 4.69) is 27.4 Å². The van der Waals surface area contributed by atoms with Gasteiger partial charge in [0.05, 0.1) is 6.04 Å². The van der Waals surface area contributed by atoms with Gasteiger partial charge in [0.1, 0.15) is 5.82 Å². The second-order valence-corrected chi connectivity index (χ2v) is 5.79. The van der Waals surface area contributed by atoms with Gasteiger partial charge >= 0.3 is 6.03 Å². The van der Waals surface area contributed by atoms with Crippen LogP contribution in [0.2, 0.25) is 0 Å². The zero-order valence-corrected chi connectivity index (χ0v) is 12.1. The molecule has 2 heterocycles. The third-order valence-electron chi connectivity index (χ3n) is 4.07. The Bertz CT molecular complexity index is 468. The summed E-state index contributed by atoms with van der Waals surface area (Å²) in [6.45, 7) is 3.60. The van der Waals surface area contributed by atoms with Crippen LogP contribution in [0, 0.1) is 0 Å². The molecular formula is C14H23N5O. The Morgan fingerprint density at radius 1 is 1.40 bits per heavy atom. The number of carbonyl (C=O) groups is 1. The fourth-order valence-electron chi connectivity index (χ4n) is 2.75. The van der Waals surface area contributed by atoms with Crippen LogP contribution < -0.4 is 5.32 Å². The maximum absolute atomic E-state index is 12.2. The van der Waals surface area contributed by atoms with E-state index < -0.39 is 0 Å². The highest BCUT2D eigenvalue weighted by atomic mass is 16.2. The summed E-state index contributed by atoms with van der Waals surface area (Å²) in [7, 11) is 0. The van der Waals surface area contributed by atoms with Gasteiger partial charge in [-0.3, -0.25) is 5.10 Å². The highest BCUT2D eigenvalue weighted by Crippen LogP contribution is 2.38. The smallest absolute Gasteiger partial charge is 0.318 e. The summed E-state index contributed by atoms with van der Waals surface area (Å²) in [6, 6.07) is 0.0847. The lowest BCUT2D eigenvalue weighted by atomic mass is 10.0. The van der Waals surface area contributed by atoms with E-state index in [1.54, 1.807) is 0 Å². The van der Waals surface area contributed by atoms with Crippen molar-refractivity contribution in [3.8, 4) is 0 Å². The molecule has 6 nitrogen and oxygen atoms in total. The summed E-state index contributed by atoms with van der Waals surface area (Å²) in [4.78, 5) is 18.8. The maximum Gasteiger partial charge on any atom is 0.318 e. The molecule has 1 atom stereocenters. The number of aromatic amines is 1. The van der Waals surface area contributed by atoms with Gasteiger partial charge in [0.15, 0.2) is 5.82 Å². The molecule has 1 aliphatic carbocycles. The van der Waals surface area contributed by atoms with Crippen LogP contribution in [0.4, 0.5) is 4.79 Å². The number of aromatic nitrogens is 3. The first kappa shape index (κ1) is 13.4. The van der Waals surface area contributed by atoms with Crippen LogP contribution >= 0.6 is 0 Å². The highest BCUT2D eigenvalue weighted by molar-refractivity contribution is 5.74. The molecule has 2 aliphatic rings. The van der Waals surface area contributed by atoms with Gasteiger partial charge in [0, 0.05) is 19.0 Å². The second-order valence-electron chi connectivity index (χ2n) is 5.79. The highest BCUT2D eigenvalue weighted by Gasteiger charge is 2.33. The van der Waals surface area contributed by atoms with Gasteiger partial charge in [-0.05, 0) is 38.5 Å². The normalized spacial score (nSPS) is 22.9. The number of likely N-dealkylation sites (tertiary alicyclic amines) is 1. The van der Waals surface area contributed by atoms with Crippen LogP contribution in [0.3, 0.4) is 0 Å². The van der Waals surface area contributed by atoms with Crippen molar-refractivity contribution >= 4 is 6.03 Å². The predicted molar refractivity (Wildman–Crippen MR) is 75.3 cm³/mol.